The van der Waals surface area contributed by atoms with Crippen molar-refractivity contribution in [1.82, 2.24) is 0 Å². The lowest BCUT2D eigenvalue weighted by atomic mass is 9.83. The number of alkyl halides is 3. The lowest BCUT2D eigenvalue weighted by Crippen LogP contribution is -2.52. The lowest BCUT2D eigenvalue weighted by molar-refractivity contribution is -0.284. The van der Waals surface area contributed by atoms with Gasteiger partial charge in [-0.15, -0.1) is 0 Å². The number of carbonyl (C=O) groups excluding carboxylic acids is 1. The molecule has 2 fully saturated rings. The molecule has 2 bridgehead atoms. The molecule has 0 N–H and O–H groups in total. The van der Waals surface area contributed by atoms with Gasteiger partial charge in [-0.2, -0.15) is 13.2 Å². The summed E-state index contributed by atoms with van der Waals surface area (Å²) < 4.78 is 59.7. The summed E-state index contributed by atoms with van der Waals surface area (Å²) in [6, 6.07) is 0. The van der Waals surface area contributed by atoms with Crippen molar-refractivity contribution in [2.75, 3.05) is 19.8 Å². The monoisotopic (exact) mass is 400 g/mol. The van der Waals surface area contributed by atoms with Crippen molar-refractivity contribution in [3.63, 3.8) is 0 Å². The van der Waals surface area contributed by atoms with Crippen molar-refractivity contribution in [2.45, 2.75) is 71.7 Å². The molecule has 0 aromatic heterocycles. The molecule has 0 amide bonds. The molecule has 154 valence electrons. The van der Waals surface area contributed by atoms with Crippen LogP contribution in [0.3, 0.4) is 0 Å². The van der Waals surface area contributed by atoms with Gasteiger partial charge in [-0.3, -0.25) is 4.79 Å². The van der Waals surface area contributed by atoms with Crippen LogP contribution in [0.4, 0.5) is 13.2 Å². The van der Waals surface area contributed by atoms with Crippen molar-refractivity contribution >= 4 is 14.8 Å². The maximum absolute atomic E-state index is 13.0. The SMILES string of the molecule is CC(=O)OC1(C(F)(F)F)CC2CCC1C2.CCO[Si](C)(OCC)OCC. The second kappa shape index (κ2) is 9.52. The van der Waals surface area contributed by atoms with Crippen LogP contribution in [0.5, 0.6) is 0 Å². The van der Waals surface area contributed by atoms with E-state index in [0.29, 0.717) is 32.7 Å². The number of fused-ring (bicyclic) bond motifs is 2. The zero-order valence-corrected chi connectivity index (χ0v) is 17.3. The Bertz CT molecular complexity index is 443. The molecule has 2 aliphatic carbocycles. The van der Waals surface area contributed by atoms with Gasteiger partial charge in [0.05, 0.1) is 0 Å². The van der Waals surface area contributed by atoms with Crippen LogP contribution >= 0.6 is 0 Å². The molecule has 9 heteroatoms. The Kier molecular flexibility index (Phi) is 8.57. The van der Waals surface area contributed by atoms with Gasteiger partial charge in [-0.25, -0.2) is 0 Å². The smallest absolute Gasteiger partial charge is 0.449 e. The predicted molar refractivity (Wildman–Crippen MR) is 92.5 cm³/mol. The van der Waals surface area contributed by atoms with Crippen LogP contribution in [-0.4, -0.2) is 46.4 Å². The zero-order valence-electron chi connectivity index (χ0n) is 16.3. The molecule has 0 aromatic rings. The van der Waals surface area contributed by atoms with Crippen molar-refractivity contribution in [2.24, 2.45) is 11.8 Å². The molecule has 0 spiro atoms. The highest BCUT2D eigenvalue weighted by Crippen LogP contribution is 2.58. The molecule has 3 atom stereocenters. The summed E-state index contributed by atoms with van der Waals surface area (Å²) >= 11 is 0. The average Bonchev–Trinajstić information content (AvgIpc) is 3.08. The Morgan fingerprint density at radius 2 is 1.58 bits per heavy atom. The molecule has 0 radical (unpaired) electrons. The Labute approximate surface area is 154 Å². The molecule has 3 unspecified atom stereocenters. The highest BCUT2D eigenvalue weighted by atomic mass is 28.4. The molecule has 2 saturated carbocycles. The average molecular weight is 401 g/mol. The molecular weight excluding hydrogens is 369 g/mol. The van der Waals surface area contributed by atoms with Crippen molar-refractivity contribution in [3.05, 3.63) is 0 Å². The van der Waals surface area contributed by atoms with E-state index in [2.05, 4.69) is 4.74 Å². The van der Waals surface area contributed by atoms with E-state index in [4.69, 9.17) is 13.3 Å². The van der Waals surface area contributed by atoms with E-state index in [1.807, 2.05) is 27.3 Å². The summed E-state index contributed by atoms with van der Waals surface area (Å²) in [5, 5.41) is 0. The van der Waals surface area contributed by atoms with E-state index in [-0.39, 0.29) is 12.3 Å². The number of halogens is 3. The third kappa shape index (κ3) is 5.67. The van der Waals surface area contributed by atoms with E-state index >= 15 is 0 Å². The van der Waals surface area contributed by atoms with Crippen LogP contribution in [0.1, 0.15) is 53.4 Å². The van der Waals surface area contributed by atoms with E-state index in [0.717, 1.165) is 13.3 Å². The summed E-state index contributed by atoms with van der Waals surface area (Å²) in [6.07, 6.45) is -2.56. The van der Waals surface area contributed by atoms with E-state index in [9.17, 15) is 18.0 Å². The summed E-state index contributed by atoms with van der Waals surface area (Å²) in [5.41, 5.74) is -2.18. The largest absolute Gasteiger partial charge is 0.497 e. The predicted octanol–water partition coefficient (Wildman–Crippen LogP) is 4.34. The van der Waals surface area contributed by atoms with E-state index in [1.165, 1.54) is 0 Å². The maximum atomic E-state index is 13.0. The number of rotatable bonds is 7. The minimum absolute atomic E-state index is 0.0409. The van der Waals surface area contributed by atoms with Gasteiger partial charge in [0, 0.05) is 39.2 Å². The molecule has 0 aromatic carbocycles. The van der Waals surface area contributed by atoms with Crippen LogP contribution < -0.4 is 0 Å². The topological polar surface area (TPSA) is 54.0 Å². The van der Waals surface area contributed by atoms with Gasteiger partial charge in [0.1, 0.15) is 0 Å². The Balaban J connectivity index is 0.000000276. The summed E-state index contributed by atoms with van der Waals surface area (Å²) in [6.45, 7) is 10.8. The van der Waals surface area contributed by atoms with Gasteiger partial charge in [0.25, 0.3) is 0 Å². The van der Waals surface area contributed by atoms with Gasteiger partial charge >= 0.3 is 21.0 Å². The minimum Gasteiger partial charge on any atom is -0.449 e. The Hall–Kier alpha value is -0.643. The first kappa shape index (κ1) is 23.4. The van der Waals surface area contributed by atoms with E-state index < -0.39 is 32.5 Å². The highest BCUT2D eigenvalue weighted by molar-refractivity contribution is 6.59. The van der Waals surface area contributed by atoms with E-state index in [1.54, 1.807) is 0 Å². The number of hydrogen-bond acceptors (Lipinski definition) is 5. The first-order chi connectivity index (χ1) is 12.0. The molecule has 5 nitrogen and oxygen atoms in total. The van der Waals surface area contributed by atoms with Crippen molar-refractivity contribution < 1.29 is 36.0 Å². The standard InChI is InChI=1S/C10H13F3O2.C7H18O3Si/c1-6(14)15-9(10(11,12)13)5-7-2-3-8(9)4-7;1-5-8-11(4,9-6-2)10-7-3/h7-8H,2-5H2,1H3;5-7H2,1-4H3. The lowest BCUT2D eigenvalue weighted by Gasteiger charge is -2.38. The molecule has 0 saturated heterocycles. The van der Waals surface area contributed by atoms with Crippen LogP contribution in [0.2, 0.25) is 6.55 Å². The van der Waals surface area contributed by atoms with Gasteiger partial charge < -0.3 is 18.0 Å². The Morgan fingerprint density at radius 3 is 1.85 bits per heavy atom. The summed E-state index contributed by atoms with van der Waals surface area (Å²) in [5.74, 6) is -1.28. The van der Waals surface area contributed by atoms with Crippen molar-refractivity contribution in [1.29, 1.82) is 0 Å². The van der Waals surface area contributed by atoms with Crippen LogP contribution in [-0.2, 0) is 22.8 Å². The summed E-state index contributed by atoms with van der Waals surface area (Å²) in [7, 11) is -2.25. The third-order valence-electron chi connectivity index (χ3n) is 4.82. The number of hydrogen-bond donors (Lipinski definition) is 0. The molecule has 2 aliphatic rings. The molecule has 0 heterocycles. The first-order valence-corrected chi connectivity index (χ1v) is 11.4. The fourth-order valence-electron chi connectivity index (χ4n) is 3.98. The number of esters is 1. The third-order valence-corrected chi connectivity index (χ3v) is 7.26. The van der Waals surface area contributed by atoms with Gasteiger partial charge in [-0.05, 0) is 52.4 Å². The normalized spacial score (nSPS) is 27.8. The number of carbonyl (C=O) groups is 1. The van der Waals surface area contributed by atoms with Crippen LogP contribution in [0.15, 0.2) is 0 Å². The molecule has 26 heavy (non-hydrogen) atoms. The molecular formula is C17H31F3O5Si. The van der Waals surface area contributed by atoms with Crippen LogP contribution in [0, 0.1) is 11.8 Å². The fourth-order valence-corrected chi connectivity index (χ4v) is 5.80. The number of ether oxygens (including phenoxy) is 1. The van der Waals surface area contributed by atoms with Gasteiger partial charge in [0.15, 0.2) is 0 Å². The molecule has 2 rings (SSSR count). The minimum atomic E-state index is -4.43. The fraction of sp³-hybridized carbons (Fsp3) is 0.941. The van der Waals surface area contributed by atoms with Gasteiger partial charge in [-0.1, -0.05) is 0 Å². The first-order valence-electron chi connectivity index (χ1n) is 9.21. The van der Waals surface area contributed by atoms with Crippen LogP contribution in [0.25, 0.3) is 0 Å². The highest BCUT2D eigenvalue weighted by Gasteiger charge is 2.68. The van der Waals surface area contributed by atoms with Gasteiger partial charge in [0.2, 0.25) is 5.60 Å². The second-order valence-electron chi connectivity index (χ2n) is 6.72. The summed E-state index contributed by atoms with van der Waals surface area (Å²) in [4.78, 5) is 10.8. The van der Waals surface area contributed by atoms with Crippen molar-refractivity contribution in [3.8, 4) is 0 Å². The molecule has 0 aliphatic heterocycles. The Morgan fingerprint density at radius 1 is 1.08 bits per heavy atom. The second-order valence-corrected chi connectivity index (χ2v) is 9.31. The maximum Gasteiger partial charge on any atom is 0.497 e. The zero-order chi connectivity index (χ0) is 20.0. The quantitative estimate of drug-likeness (QED) is 0.470.